The van der Waals surface area contributed by atoms with Gasteiger partial charge >= 0.3 is 0 Å². The summed E-state index contributed by atoms with van der Waals surface area (Å²) in [5.41, 5.74) is 0. The van der Waals surface area contributed by atoms with Crippen molar-refractivity contribution in [3.05, 3.63) is 30.2 Å². The van der Waals surface area contributed by atoms with Crippen LogP contribution in [0.1, 0.15) is 18.4 Å². The van der Waals surface area contributed by atoms with Crippen LogP contribution in [-0.4, -0.2) is 44.1 Å². The second kappa shape index (κ2) is 7.58. The zero-order chi connectivity index (χ0) is 15.2. The Balaban J connectivity index is 3.06. The average molecular weight is 302 g/mol. The molecule has 2 N–H and O–H groups in total. The van der Waals surface area contributed by atoms with E-state index in [0.717, 1.165) is 6.54 Å². The predicted octanol–water partition coefficient (Wildman–Crippen LogP) is 0.867. The van der Waals surface area contributed by atoms with Crippen molar-refractivity contribution in [2.45, 2.75) is 25.3 Å². The van der Waals surface area contributed by atoms with Crippen LogP contribution in [0, 0.1) is 6.92 Å². The first-order valence-electron chi connectivity index (χ1n) is 6.49. The van der Waals surface area contributed by atoms with Gasteiger partial charge < -0.3 is 14.8 Å². The number of aryl methyl sites for hydroxylation is 1. The third kappa shape index (κ3) is 3.92. The van der Waals surface area contributed by atoms with Crippen LogP contribution < -0.4 is 5.32 Å². The Morgan fingerprint density at radius 2 is 2.25 bits per heavy atom. The normalized spacial score (nSPS) is 12.0. The van der Waals surface area contributed by atoms with Crippen molar-refractivity contribution in [3.8, 4) is 0 Å². The van der Waals surface area contributed by atoms with Crippen LogP contribution in [0.15, 0.2) is 28.0 Å². The summed E-state index contributed by atoms with van der Waals surface area (Å²) in [6.45, 7) is 8.30. The van der Waals surface area contributed by atoms with Crippen molar-refractivity contribution < 1.29 is 17.9 Å². The zero-order valence-electron chi connectivity index (χ0n) is 11.9. The largest absolute Gasteiger partial charge is 0.464 e. The van der Waals surface area contributed by atoms with Gasteiger partial charge in [-0.05, 0) is 13.5 Å². The Labute approximate surface area is 120 Å². The number of nitrogens with one attached hydrogen (secondary N) is 1. The summed E-state index contributed by atoms with van der Waals surface area (Å²) in [7, 11) is -3.68. The highest BCUT2D eigenvalue weighted by atomic mass is 32.2. The Bertz CT molecular complexity index is 537. The van der Waals surface area contributed by atoms with E-state index < -0.39 is 10.0 Å². The fourth-order valence-corrected chi connectivity index (χ4v) is 3.41. The quantitative estimate of drug-likeness (QED) is 0.661. The summed E-state index contributed by atoms with van der Waals surface area (Å²) in [5.74, 6) is 0.926. The molecule has 0 bridgehead atoms. The summed E-state index contributed by atoms with van der Waals surface area (Å²) >= 11 is 0. The van der Waals surface area contributed by atoms with Crippen LogP contribution >= 0.6 is 0 Å². The number of hydrogen-bond donors (Lipinski definition) is 2. The van der Waals surface area contributed by atoms with Crippen LogP contribution in [-0.2, 0) is 16.6 Å². The maximum Gasteiger partial charge on any atom is 0.246 e. The van der Waals surface area contributed by atoms with Crippen molar-refractivity contribution in [2.75, 3.05) is 26.2 Å². The number of hydrogen-bond acceptors (Lipinski definition) is 5. The number of rotatable bonds is 9. The molecular weight excluding hydrogens is 280 g/mol. The van der Waals surface area contributed by atoms with Crippen LogP contribution in [0.2, 0.25) is 0 Å². The summed E-state index contributed by atoms with van der Waals surface area (Å²) in [5, 5.41) is 12.1. The molecule has 1 aromatic rings. The standard InChI is InChI=1S/C13H22N2O4S/c1-4-6-15(7-8-16)20(17,18)13-9-12(10-14-5-2)19-11(13)3/h4,9,14,16H,1,5-8,10H2,2-3H3. The molecule has 0 aliphatic heterocycles. The molecule has 0 atom stereocenters. The number of furan rings is 1. The van der Waals surface area contributed by atoms with Crippen molar-refractivity contribution in [3.63, 3.8) is 0 Å². The molecule has 1 rings (SSSR count). The van der Waals surface area contributed by atoms with E-state index in [4.69, 9.17) is 9.52 Å². The van der Waals surface area contributed by atoms with Gasteiger partial charge in [-0.15, -0.1) is 6.58 Å². The number of aliphatic hydroxyl groups is 1. The summed E-state index contributed by atoms with van der Waals surface area (Å²) in [6, 6.07) is 1.53. The number of nitrogens with zero attached hydrogens (tertiary/aromatic N) is 1. The third-order valence-corrected chi connectivity index (χ3v) is 4.75. The van der Waals surface area contributed by atoms with Gasteiger partial charge in [-0.2, -0.15) is 4.31 Å². The van der Waals surface area contributed by atoms with E-state index in [1.165, 1.54) is 16.4 Å². The highest BCUT2D eigenvalue weighted by Crippen LogP contribution is 2.23. The van der Waals surface area contributed by atoms with E-state index >= 15 is 0 Å². The Hall–Kier alpha value is -1.15. The van der Waals surface area contributed by atoms with Gasteiger partial charge in [-0.25, -0.2) is 8.42 Å². The molecule has 0 unspecified atom stereocenters. The molecule has 0 aliphatic carbocycles. The van der Waals surface area contributed by atoms with E-state index in [2.05, 4.69) is 11.9 Å². The first-order valence-corrected chi connectivity index (χ1v) is 7.93. The summed E-state index contributed by atoms with van der Waals surface area (Å²) < 4.78 is 31.6. The molecule has 0 aromatic carbocycles. The second-order valence-corrected chi connectivity index (χ2v) is 6.20. The molecule has 1 aromatic heterocycles. The molecule has 6 nitrogen and oxygen atoms in total. The van der Waals surface area contributed by atoms with Gasteiger partial charge in [0.05, 0.1) is 13.2 Å². The molecule has 7 heteroatoms. The van der Waals surface area contributed by atoms with Crippen molar-refractivity contribution in [2.24, 2.45) is 0 Å². The average Bonchev–Trinajstić information content (AvgIpc) is 2.78. The van der Waals surface area contributed by atoms with Gasteiger partial charge in [0.25, 0.3) is 0 Å². The van der Waals surface area contributed by atoms with E-state index in [0.29, 0.717) is 18.1 Å². The maximum absolute atomic E-state index is 12.5. The molecule has 0 aliphatic rings. The molecule has 0 fully saturated rings. The first-order chi connectivity index (χ1) is 9.47. The molecule has 0 radical (unpaired) electrons. The van der Waals surface area contributed by atoms with Gasteiger partial charge in [-0.1, -0.05) is 13.0 Å². The Kier molecular flexibility index (Phi) is 6.41. The predicted molar refractivity (Wildman–Crippen MR) is 76.9 cm³/mol. The van der Waals surface area contributed by atoms with Crippen LogP contribution in [0.25, 0.3) is 0 Å². The van der Waals surface area contributed by atoms with Crippen LogP contribution in [0.4, 0.5) is 0 Å². The molecule has 0 saturated heterocycles. The molecule has 0 amide bonds. The first kappa shape index (κ1) is 16.9. The molecule has 0 spiro atoms. The van der Waals surface area contributed by atoms with E-state index in [9.17, 15) is 8.42 Å². The summed E-state index contributed by atoms with van der Waals surface area (Å²) in [6.07, 6.45) is 1.49. The van der Waals surface area contributed by atoms with E-state index in [-0.39, 0.29) is 24.6 Å². The van der Waals surface area contributed by atoms with Crippen molar-refractivity contribution in [1.29, 1.82) is 0 Å². The van der Waals surface area contributed by atoms with Gasteiger partial charge in [0, 0.05) is 19.2 Å². The zero-order valence-corrected chi connectivity index (χ0v) is 12.7. The highest BCUT2D eigenvalue weighted by molar-refractivity contribution is 7.89. The van der Waals surface area contributed by atoms with E-state index in [1.807, 2.05) is 6.92 Å². The number of sulfonamides is 1. The van der Waals surface area contributed by atoms with Crippen molar-refractivity contribution >= 4 is 10.0 Å². The Morgan fingerprint density at radius 3 is 2.80 bits per heavy atom. The monoisotopic (exact) mass is 302 g/mol. The lowest BCUT2D eigenvalue weighted by molar-refractivity contribution is 0.260. The topological polar surface area (TPSA) is 82.8 Å². The molecular formula is C13H22N2O4S. The minimum Gasteiger partial charge on any atom is -0.464 e. The lowest BCUT2D eigenvalue weighted by Gasteiger charge is -2.18. The van der Waals surface area contributed by atoms with Gasteiger partial charge in [0.15, 0.2) is 0 Å². The maximum atomic E-state index is 12.5. The van der Waals surface area contributed by atoms with Gasteiger partial charge in [0.2, 0.25) is 10.0 Å². The second-order valence-electron chi connectivity index (χ2n) is 4.29. The minimum atomic E-state index is -3.68. The van der Waals surface area contributed by atoms with Crippen LogP contribution in [0.3, 0.4) is 0 Å². The summed E-state index contributed by atoms with van der Waals surface area (Å²) in [4.78, 5) is 0.140. The highest BCUT2D eigenvalue weighted by Gasteiger charge is 2.27. The van der Waals surface area contributed by atoms with Crippen molar-refractivity contribution in [1.82, 2.24) is 9.62 Å². The van der Waals surface area contributed by atoms with Gasteiger partial charge in [-0.3, -0.25) is 0 Å². The fourth-order valence-electron chi connectivity index (χ4n) is 1.82. The van der Waals surface area contributed by atoms with E-state index in [1.54, 1.807) is 6.92 Å². The van der Waals surface area contributed by atoms with Gasteiger partial charge in [0.1, 0.15) is 16.4 Å². The molecule has 0 saturated carbocycles. The SMILES string of the molecule is C=CCN(CCO)S(=O)(=O)c1cc(CNCC)oc1C. The lowest BCUT2D eigenvalue weighted by atomic mass is 10.4. The molecule has 1 heterocycles. The Morgan fingerprint density at radius 1 is 1.55 bits per heavy atom. The lowest BCUT2D eigenvalue weighted by Crippen LogP contribution is -2.33. The smallest absolute Gasteiger partial charge is 0.246 e. The fraction of sp³-hybridized carbons (Fsp3) is 0.538. The number of aliphatic hydroxyl groups excluding tert-OH is 1. The molecule has 20 heavy (non-hydrogen) atoms. The molecule has 114 valence electrons. The third-order valence-electron chi connectivity index (χ3n) is 2.77. The van der Waals surface area contributed by atoms with Crippen LogP contribution in [0.5, 0.6) is 0 Å². The minimum absolute atomic E-state index is 0.0293.